The molecule has 3 nitrogen and oxygen atoms in total. The predicted octanol–water partition coefficient (Wildman–Crippen LogP) is 3.60. The molecule has 1 saturated heterocycles. The number of amides is 1. The van der Waals surface area contributed by atoms with Crippen molar-refractivity contribution in [2.75, 3.05) is 19.6 Å². The quantitative estimate of drug-likeness (QED) is 0.870. The lowest BCUT2D eigenvalue weighted by atomic mass is 9.96. The Labute approximate surface area is 140 Å². The van der Waals surface area contributed by atoms with Crippen LogP contribution in [0.5, 0.6) is 0 Å². The summed E-state index contributed by atoms with van der Waals surface area (Å²) in [5, 5.41) is 3.20. The van der Waals surface area contributed by atoms with Gasteiger partial charge in [0.1, 0.15) is 0 Å². The van der Waals surface area contributed by atoms with Crippen LogP contribution in [0.1, 0.15) is 50.5 Å². The first kappa shape index (κ1) is 16.5. The number of nitrogens with zero attached hydrogens (tertiary/aromatic N) is 1. The monoisotopic (exact) mass is 314 g/mol. The van der Waals surface area contributed by atoms with E-state index >= 15 is 0 Å². The third kappa shape index (κ3) is 5.07. The Bertz CT molecular complexity index is 482. The number of rotatable bonds is 6. The number of hydrogen-bond donors (Lipinski definition) is 1. The van der Waals surface area contributed by atoms with Gasteiger partial charge in [-0.3, -0.25) is 9.69 Å². The Hall–Kier alpha value is -1.35. The molecule has 1 aliphatic carbocycles. The van der Waals surface area contributed by atoms with E-state index in [9.17, 15) is 4.79 Å². The van der Waals surface area contributed by atoms with Crippen LogP contribution in [0.2, 0.25) is 0 Å². The largest absolute Gasteiger partial charge is 0.356 e. The number of likely N-dealkylation sites (tertiary alicyclic amines) is 1. The van der Waals surface area contributed by atoms with E-state index in [4.69, 9.17) is 0 Å². The summed E-state index contributed by atoms with van der Waals surface area (Å²) >= 11 is 0. The fourth-order valence-electron chi connectivity index (χ4n) is 4.10. The van der Waals surface area contributed by atoms with Crippen LogP contribution < -0.4 is 5.32 Å². The van der Waals surface area contributed by atoms with E-state index in [0.29, 0.717) is 0 Å². The Kier molecular flexibility index (Phi) is 6.09. The highest BCUT2D eigenvalue weighted by atomic mass is 16.1. The van der Waals surface area contributed by atoms with E-state index in [-0.39, 0.29) is 11.8 Å². The fourth-order valence-corrected chi connectivity index (χ4v) is 4.10. The molecule has 1 heterocycles. The standard InChI is InChI=1S/C20H30N2O/c23-20(21-13-12-17-7-4-5-8-17)19-11-6-14-22(16-19)15-18-9-2-1-3-10-18/h1-3,9-10,17,19H,4-8,11-16H2,(H,21,23). The summed E-state index contributed by atoms with van der Waals surface area (Å²) in [6.07, 6.45) is 8.85. The van der Waals surface area contributed by atoms with E-state index in [1.165, 1.54) is 37.7 Å². The van der Waals surface area contributed by atoms with Gasteiger partial charge in [0.25, 0.3) is 0 Å². The summed E-state index contributed by atoms with van der Waals surface area (Å²) in [5.41, 5.74) is 1.34. The molecule has 1 saturated carbocycles. The maximum Gasteiger partial charge on any atom is 0.224 e. The molecule has 0 aromatic heterocycles. The van der Waals surface area contributed by atoms with Crippen LogP contribution in [0, 0.1) is 11.8 Å². The molecule has 1 aromatic rings. The fraction of sp³-hybridized carbons (Fsp3) is 0.650. The van der Waals surface area contributed by atoms with Gasteiger partial charge in [-0.25, -0.2) is 0 Å². The van der Waals surface area contributed by atoms with Crippen LogP contribution in [0.15, 0.2) is 30.3 Å². The summed E-state index contributed by atoms with van der Waals surface area (Å²) < 4.78 is 0. The molecule has 1 atom stereocenters. The molecule has 0 spiro atoms. The maximum atomic E-state index is 12.4. The highest BCUT2D eigenvalue weighted by Crippen LogP contribution is 2.27. The molecule has 0 radical (unpaired) electrons. The molecule has 1 unspecified atom stereocenters. The second-order valence-corrected chi connectivity index (χ2v) is 7.29. The van der Waals surface area contributed by atoms with Crippen LogP contribution >= 0.6 is 0 Å². The second-order valence-electron chi connectivity index (χ2n) is 7.29. The third-order valence-corrected chi connectivity index (χ3v) is 5.45. The van der Waals surface area contributed by atoms with Gasteiger partial charge >= 0.3 is 0 Å². The number of piperidine rings is 1. The van der Waals surface area contributed by atoms with Gasteiger partial charge in [0.15, 0.2) is 0 Å². The van der Waals surface area contributed by atoms with E-state index in [1.807, 2.05) is 0 Å². The van der Waals surface area contributed by atoms with Crippen LogP contribution in [0.4, 0.5) is 0 Å². The third-order valence-electron chi connectivity index (χ3n) is 5.45. The van der Waals surface area contributed by atoms with Crippen molar-refractivity contribution in [3.63, 3.8) is 0 Å². The molecule has 126 valence electrons. The first-order chi connectivity index (χ1) is 11.3. The lowest BCUT2D eigenvalue weighted by molar-refractivity contribution is -0.126. The second kappa shape index (κ2) is 8.49. The molecule has 2 fully saturated rings. The Morgan fingerprint density at radius 2 is 1.87 bits per heavy atom. The van der Waals surface area contributed by atoms with Crippen molar-refractivity contribution in [1.29, 1.82) is 0 Å². The van der Waals surface area contributed by atoms with Crippen molar-refractivity contribution in [1.82, 2.24) is 10.2 Å². The lowest BCUT2D eigenvalue weighted by Gasteiger charge is -2.32. The summed E-state index contributed by atoms with van der Waals surface area (Å²) in [7, 11) is 0. The Morgan fingerprint density at radius 3 is 2.65 bits per heavy atom. The number of nitrogens with one attached hydrogen (secondary N) is 1. The van der Waals surface area contributed by atoms with Crippen molar-refractivity contribution in [2.45, 2.75) is 51.5 Å². The summed E-state index contributed by atoms with van der Waals surface area (Å²) in [6, 6.07) is 10.6. The van der Waals surface area contributed by atoms with Crippen LogP contribution in [-0.2, 0) is 11.3 Å². The molecule has 1 amide bonds. The highest BCUT2D eigenvalue weighted by Gasteiger charge is 2.25. The number of hydrogen-bond acceptors (Lipinski definition) is 2. The van der Waals surface area contributed by atoms with Gasteiger partial charge in [0, 0.05) is 19.6 Å². The van der Waals surface area contributed by atoms with Gasteiger partial charge in [-0.1, -0.05) is 56.0 Å². The maximum absolute atomic E-state index is 12.4. The summed E-state index contributed by atoms with van der Waals surface area (Å²) in [4.78, 5) is 14.9. The molecule has 2 aliphatic rings. The molecule has 3 heteroatoms. The Morgan fingerprint density at radius 1 is 1.09 bits per heavy atom. The van der Waals surface area contributed by atoms with Crippen molar-refractivity contribution < 1.29 is 4.79 Å². The smallest absolute Gasteiger partial charge is 0.224 e. The van der Waals surface area contributed by atoms with Crippen molar-refractivity contribution >= 4 is 5.91 Å². The van der Waals surface area contributed by atoms with Gasteiger partial charge < -0.3 is 5.32 Å². The van der Waals surface area contributed by atoms with Crippen molar-refractivity contribution in [2.24, 2.45) is 11.8 Å². The minimum Gasteiger partial charge on any atom is -0.356 e. The summed E-state index contributed by atoms with van der Waals surface area (Å²) in [5.74, 6) is 1.31. The van der Waals surface area contributed by atoms with E-state index in [1.54, 1.807) is 0 Å². The van der Waals surface area contributed by atoms with Gasteiger partial charge in [-0.15, -0.1) is 0 Å². The zero-order chi connectivity index (χ0) is 15.9. The van der Waals surface area contributed by atoms with Gasteiger partial charge in [-0.05, 0) is 37.3 Å². The normalized spacial score (nSPS) is 23.0. The van der Waals surface area contributed by atoms with E-state index in [0.717, 1.165) is 44.9 Å². The molecule has 0 bridgehead atoms. The first-order valence-electron chi connectivity index (χ1n) is 9.35. The SMILES string of the molecule is O=C(NCCC1CCCC1)C1CCCN(Cc2ccccc2)C1. The van der Waals surface area contributed by atoms with Gasteiger partial charge in [0.2, 0.25) is 5.91 Å². The van der Waals surface area contributed by atoms with Gasteiger partial charge in [0.05, 0.1) is 5.92 Å². The Balaban J connectivity index is 1.41. The number of carbonyl (C=O) groups excluding carboxylic acids is 1. The average Bonchev–Trinajstić information content (AvgIpc) is 3.09. The zero-order valence-electron chi connectivity index (χ0n) is 14.2. The molecule has 23 heavy (non-hydrogen) atoms. The van der Waals surface area contributed by atoms with Crippen LogP contribution in [-0.4, -0.2) is 30.4 Å². The highest BCUT2D eigenvalue weighted by molar-refractivity contribution is 5.78. The minimum atomic E-state index is 0.177. The molecule has 3 rings (SSSR count). The molecule has 1 N–H and O–H groups in total. The molecular formula is C20H30N2O. The van der Waals surface area contributed by atoms with E-state index < -0.39 is 0 Å². The van der Waals surface area contributed by atoms with Crippen molar-refractivity contribution in [3.8, 4) is 0 Å². The molecular weight excluding hydrogens is 284 g/mol. The summed E-state index contributed by atoms with van der Waals surface area (Å²) in [6.45, 7) is 3.86. The zero-order valence-corrected chi connectivity index (χ0v) is 14.2. The molecule has 1 aromatic carbocycles. The molecule has 1 aliphatic heterocycles. The van der Waals surface area contributed by atoms with Gasteiger partial charge in [-0.2, -0.15) is 0 Å². The van der Waals surface area contributed by atoms with E-state index in [2.05, 4.69) is 40.5 Å². The first-order valence-corrected chi connectivity index (χ1v) is 9.35. The number of benzene rings is 1. The average molecular weight is 314 g/mol. The van der Waals surface area contributed by atoms with Crippen LogP contribution in [0.25, 0.3) is 0 Å². The lowest BCUT2D eigenvalue weighted by Crippen LogP contribution is -2.43. The van der Waals surface area contributed by atoms with Crippen molar-refractivity contribution in [3.05, 3.63) is 35.9 Å². The topological polar surface area (TPSA) is 32.3 Å². The number of carbonyl (C=O) groups is 1. The van der Waals surface area contributed by atoms with Crippen LogP contribution in [0.3, 0.4) is 0 Å². The predicted molar refractivity (Wildman–Crippen MR) is 94.0 cm³/mol. The minimum absolute atomic E-state index is 0.177.